The van der Waals surface area contributed by atoms with E-state index in [0.29, 0.717) is 92.9 Å². The predicted molar refractivity (Wildman–Crippen MR) is 188 cm³/mol. The molecule has 1 amide bonds. The maximum absolute atomic E-state index is 12.5. The smallest absolute Gasteiger partial charge is 0.247 e. The van der Waals surface area contributed by atoms with Crippen LogP contribution in [0.25, 0.3) is 38.9 Å². The quantitative estimate of drug-likeness (QED) is 0.190. The molecule has 1 N–H and O–H groups in total. The number of methoxy groups -OCH3 is 3. The number of benzene rings is 2. The molecular formula is C33H32Cl2N6O6S. The molecule has 48 heavy (non-hydrogen) atoms. The van der Waals surface area contributed by atoms with Gasteiger partial charge in [0.1, 0.15) is 22.9 Å². The van der Waals surface area contributed by atoms with Gasteiger partial charge in [0.2, 0.25) is 15.9 Å². The Hall–Kier alpha value is -4.56. The monoisotopic (exact) mass is 710 g/mol. The first-order chi connectivity index (χ1) is 23.0. The number of piperazine rings is 1. The third kappa shape index (κ3) is 5.98. The molecule has 1 saturated heterocycles. The van der Waals surface area contributed by atoms with Gasteiger partial charge in [-0.2, -0.15) is 4.31 Å². The van der Waals surface area contributed by atoms with Gasteiger partial charge in [-0.15, -0.1) is 0 Å². The molecule has 0 saturated carbocycles. The predicted octanol–water partition coefficient (Wildman–Crippen LogP) is 5.76. The number of fused-ring (bicyclic) bond motifs is 3. The number of ether oxygens (including phenoxy) is 3. The summed E-state index contributed by atoms with van der Waals surface area (Å²) in [5.74, 6) is 0.920. The van der Waals surface area contributed by atoms with Crippen LogP contribution in [0.5, 0.6) is 17.2 Å². The van der Waals surface area contributed by atoms with E-state index >= 15 is 0 Å². The van der Waals surface area contributed by atoms with Crippen LogP contribution in [-0.4, -0.2) is 86.8 Å². The van der Waals surface area contributed by atoms with Crippen molar-refractivity contribution >= 4 is 67.1 Å². The van der Waals surface area contributed by atoms with Crippen molar-refractivity contribution in [2.45, 2.75) is 0 Å². The summed E-state index contributed by atoms with van der Waals surface area (Å²) in [6, 6.07) is 9.07. The van der Waals surface area contributed by atoms with E-state index in [1.165, 1.54) is 30.9 Å². The van der Waals surface area contributed by atoms with Crippen LogP contribution >= 0.6 is 23.2 Å². The van der Waals surface area contributed by atoms with Crippen LogP contribution in [0.2, 0.25) is 10.0 Å². The van der Waals surface area contributed by atoms with Crippen molar-refractivity contribution in [2.24, 2.45) is 0 Å². The van der Waals surface area contributed by atoms with Gasteiger partial charge in [-0.3, -0.25) is 14.2 Å². The molecule has 250 valence electrons. The number of amides is 1. The van der Waals surface area contributed by atoms with Crippen molar-refractivity contribution in [3.63, 3.8) is 0 Å². The summed E-state index contributed by atoms with van der Waals surface area (Å²) < 4.78 is 44.4. The highest BCUT2D eigenvalue weighted by Gasteiger charge is 2.27. The van der Waals surface area contributed by atoms with E-state index < -0.39 is 15.9 Å². The van der Waals surface area contributed by atoms with Gasteiger partial charge in [0.15, 0.2) is 0 Å². The van der Waals surface area contributed by atoms with E-state index in [1.807, 2.05) is 33.7 Å². The van der Waals surface area contributed by atoms with E-state index in [0.717, 1.165) is 10.9 Å². The fourth-order valence-electron chi connectivity index (χ4n) is 5.89. The van der Waals surface area contributed by atoms with E-state index in [-0.39, 0.29) is 0 Å². The topological polar surface area (TPSA) is 128 Å². The van der Waals surface area contributed by atoms with Gasteiger partial charge < -0.3 is 24.4 Å². The van der Waals surface area contributed by atoms with Crippen LogP contribution in [0, 0.1) is 0 Å². The Labute approximate surface area is 287 Å². The number of hydrogen-bond acceptors (Lipinski definition) is 9. The molecule has 0 spiro atoms. The number of anilines is 2. The van der Waals surface area contributed by atoms with Crippen molar-refractivity contribution in [3.8, 4) is 39.6 Å². The highest BCUT2D eigenvalue weighted by Crippen LogP contribution is 2.48. The van der Waals surface area contributed by atoms with Crippen molar-refractivity contribution in [1.29, 1.82) is 0 Å². The molecule has 0 unspecified atom stereocenters. The van der Waals surface area contributed by atoms with Crippen LogP contribution in [0.3, 0.4) is 0 Å². The van der Waals surface area contributed by atoms with Gasteiger partial charge in [0.05, 0.1) is 60.2 Å². The van der Waals surface area contributed by atoms with Gasteiger partial charge in [-0.1, -0.05) is 29.8 Å². The van der Waals surface area contributed by atoms with Crippen LogP contribution in [0.4, 0.5) is 11.4 Å². The fourth-order valence-corrected chi connectivity index (χ4v) is 7.42. The number of carbonyl (C=O) groups excluding carboxylic acids is 1. The summed E-state index contributed by atoms with van der Waals surface area (Å²) in [5.41, 5.74) is 4.93. The third-order valence-corrected chi connectivity index (χ3v) is 10.3. The molecule has 1 aliphatic rings. The number of rotatable bonds is 9. The Morgan fingerprint density at radius 1 is 0.917 bits per heavy atom. The van der Waals surface area contributed by atoms with E-state index in [1.54, 1.807) is 31.6 Å². The zero-order valence-electron chi connectivity index (χ0n) is 26.6. The molecule has 5 aromatic rings. The molecule has 12 nitrogen and oxygen atoms in total. The molecule has 0 aliphatic carbocycles. The number of aromatic nitrogens is 3. The average Bonchev–Trinajstić information content (AvgIpc) is 3.58. The first-order valence-corrected chi connectivity index (χ1v) is 17.3. The normalized spacial score (nSPS) is 13.9. The highest BCUT2D eigenvalue weighted by molar-refractivity contribution is 7.88. The summed E-state index contributed by atoms with van der Waals surface area (Å²) in [4.78, 5) is 24.0. The van der Waals surface area contributed by atoms with Gasteiger partial charge in [-0.25, -0.2) is 13.4 Å². The van der Waals surface area contributed by atoms with Gasteiger partial charge in [0, 0.05) is 79.0 Å². The zero-order valence-corrected chi connectivity index (χ0v) is 28.9. The number of pyridine rings is 2. The lowest BCUT2D eigenvalue weighted by molar-refractivity contribution is -0.111. The minimum atomic E-state index is -3.32. The molecule has 3 aromatic heterocycles. The van der Waals surface area contributed by atoms with Crippen LogP contribution in [0.1, 0.15) is 0 Å². The fraction of sp³-hybridized carbons (Fsp3) is 0.242. The van der Waals surface area contributed by atoms with E-state index in [9.17, 15) is 13.2 Å². The van der Waals surface area contributed by atoms with Crippen molar-refractivity contribution in [3.05, 3.63) is 71.6 Å². The number of sulfonamides is 1. The second kappa shape index (κ2) is 13.2. The molecule has 1 fully saturated rings. The molecular weight excluding hydrogens is 679 g/mol. The van der Waals surface area contributed by atoms with Crippen molar-refractivity contribution in [1.82, 2.24) is 18.7 Å². The molecule has 0 radical (unpaired) electrons. The number of nitrogens with zero attached hydrogens (tertiary/aromatic N) is 5. The zero-order chi connectivity index (χ0) is 34.3. The summed E-state index contributed by atoms with van der Waals surface area (Å²) in [5, 5.41) is 4.30. The van der Waals surface area contributed by atoms with Gasteiger partial charge in [-0.05, 0) is 24.3 Å². The number of imidazole rings is 1. The van der Waals surface area contributed by atoms with E-state index in [2.05, 4.69) is 16.9 Å². The van der Waals surface area contributed by atoms with Gasteiger partial charge in [0.25, 0.3) is 0 Å². The Kier molecular flexibility index (Phi) is 9.14. The Balaban J connectivity index is 1.49. The molecule has 0 bridgehead atoms. The minimum Gasteiger partial charge on any atom is -0.496 e. The maximum Gasteiger partial charge on any atom is 0.247 e. The largest absolute Gasteiger partial charge is 0.496 e. The van der Waals surface area contributed by atoms with Crippen LogP contribution in [0.15, 0.2) is 61.6 Å². The third-order valence-electron chi connectivity index (χ3n) is 8.28. The molecule has 0 atom stereocenters. The number of hydrogen-bond donors (Lipinski definition) is 1. The summed E-state index contributed by atoms with van der Waals surface area (Å²) in [7, 11) is 1.27. The molecule has 2 aromatic carbocycles. The first-order valence-electron chi connectivity index (χ1n) is 14.7. The standard InChI is InChI=1S/C33H32Cl2N6O6S/c1-6-29(42)38-23-14-20(26(45-2)16-25(23)39-9-11-40(12-10-39)48(5,43)44)22-15-24-19(18-37-22)13-21(33-36-7-8-41(24)33)30-31(34)27(46-3)17-28(47-4)32(30)35/h6-8,13-18H,1,9-12H2,2-5H3,(H,38,42). The summed E-state index contributed by atoms with van der Waals surface area (Å²) in [6.45, 7) is 5.07. The van der Waals surface area contributed by atoms with Crippen molar-refractivity contribution in [2.75, 3.05) is 64.0 Å². The average molecular weight is 712 g/mol. The lowest BCUT2D eigenvalue weighted by Gasteiger charge is -2.36. The summed E-state index contributed by atoms with van der Waals surface area (Å²) in [6.07, 6.45) is 7.63. The second-order valence-electron chi connectivity index (χ2n) is 11.0. The van der Waals surface area contributed by atoms with Crippen molar-refractivity contribution < 1.29 is 27.4 Å². The minimum absolute atomic E-state index is 0.311. The molecule has 1 aliphatic heterocycles. The number of carbonyl (C=O) groups is 1. The van der Waals surface area contributed by atoms with E-state index in [4.69, 9.17) is 42.4 Å². The van der Waals surface area contributed by atoms with Crippen LogP contribution in [-0.2, 0) is 14.8 Å². The molecule has 15 heteroatoms. The molecule has 4 heterocycles. The Morgan fingerprint density at radius 3 is 2.19 bits per heavy atom. The summed E-state index contributed by atoms with van der Waals surface area (Å²) >= 11 is 13.6. The number of halogens is 2. The highest BCUT2D eigenvalue weighted by atomic mass is 35.5. The maximum atomic E-state index is 12.5. The first kappa shape index (κ1) is 33.3. The Morgan fingerprint density at radius 2 is 1.58 bits per heavy atom. The van der Waals surface area contributed by atoms with Gasteiger partial charge >= 0.3 is 0 Å². The lowest BCUT2D eigenvalue weighted by atomic mass is 10.0. The lowest BCUT2D eigenvalue weighted by Crippen LogP contribution is -2.48. The SMILES string of the molecule is C=CC(=O)Nc1cc(-c2cc3c(cn2)cc(-c2c(Cl)c(OC)cc(OC)c2Cl)c2nccn23)c(OC)cc1N1CCN(S(C)(=O)=O)CC1. The Bertz CT molecular complexity index is 2170. The second-order valence-corrected chi connectivity index (χ2v) is 13.7. The number of nitrogens with one attached hydrogen (secondary N) is 1. The van der Waals surface area contributed by atoms with Crippen LogP contribution < -0.4 is 24.4 Å². The molecule has 6 rings (SSSR count).